The zero-order chi connectivity index (χ0) is 15.9. The predicted octanol–water partition coefficient (Wildman–Crippen LogP) is 2.31. The topological polar surface area (TPSA) is 63.2 Å². The third kappa shape index (κ3) is 4.37. The van der Waals surface area contributed by atoms with Crippen LogP contribution in [-0.2, 0) is 16.0 Å². The van der Waals surface area contributed by atoms with Gasteiger partial charge in [-0.2, -0.15) is 0 Å². The summed E-state index contributed by atoms with van der Waals surface area (Å²) in [6.45, 7) is 2.09. The Kier molecular flexibility index (Phi) is 5.34. The standard InChI is InChI=1S/C18H21N3O2/c22-18(21-15-5-3-9-19-12-15)7-10-20-13-17-16-6-2-1-4-14(16)8-11-23-17/h1-6,9,12,17,20H,7-8,10-11,13H2,(H,21,22). The molecule has 1 atom stereocenters. The number of hydrogen-bond acceptors (Lipinski definition) is 4. The lowest BCUT2D eigenvalue weighted by Crippen LogP contribution is -2.29. The van der Waals surface area contributed by atoms with Crippen molar-refractivity contribution in [2.75, 3.05) is 25.0 Å². The van der Waals surface area contributed by atoms with Gasteiger partial charge in [0.15, 0.2) is 0 Å². The van der Waals surface area contributed by atoms with Crippen molar-refractivity contribution >= 4 is 11.6 Å². The van der Waals surface area contributed by atoms with Gasteiger partial charge in [0.25, 0.3) is 0 Å². The van der Waals surface area contributed by atoms with E-state index < -0.39 is 0 Å². The van der Waals surface area contributed by atoms with E-state index in [0.29, 0.717) is 13.0 Å². The fraction of sp³-hybridized carbons (Fsp3) is 0.333. The Hall–Kier alpha value is -2.24. The molecule has 1 amide bonds. The number of fused-ring (bicyclic) bond motifs is 1. The fourth-order valence-electron chi connectivity index (χ4n) is 2.74. The van der Waals surface area contributed by atoms with Crippen molar-refractivity contribution in [2.24, 2.45) is 0 Å². The van der Waals surface area contributed by atoms with Crippen LogP contribution in [-0.4, -0.2) is 30.6 Å². The summed E-state index contributed by atoms with van der Waals surface area (Å²) >= 11 is 0. The van der Waals surface area contributed by atoms with Crippen molar-refractivity contribution < 1.29 is 9.53 Å². The Balaban J connectivity index is 1.41. The maximum atomic E-state index is 11.9. The maximum absolute atomic E-state index is 11.9. The largest absolute Gasteiger partial charge is 0.372 e. The number of amides is 1. The van der Waals surface area contributed by atoms with Crippen LogP contribution in [0.2, 0.25) is 0 Å². The molecule has 1 unspecified atom stereocenters. The third-order valence-electron chi connectivity index (χ3n) is 3.90. The molecular formula is C18H21N3O2. The molecule has 0 saturated heterocycles. The molecule has 0 fully saturated rings. The molecule has 0 saturated carbocycles. The molecule has 23 heavy (non-hydrogen) atoms. The van der Waals surface area contributed by atoms with Gasteiger partial charge in [-0.05, 0) is 29.7 Å². The average molecular weight is 311 g/mol. The Morgan fingerprint density at radius 2 is 2.17 bits per heavy atom. The Morgan fingerprint density at radius 3 is 3.04 bits per heavy atom. The van der Waals surface area contributed by atoms with Crippen LogP contribution in [0.4, 0.5) is 5.69 Å². The molecule has 0 bridgehead atoms. The average Bonchev–Trinajstić information content (AvgIpc) is 2.60. The van der Waals surface area contributed by atoms with Crippen LogP contribution in [0.25, 0.3) is 0 Å². The molecule has 0 radical (unpaired) electrons. The Morgan fingerprint density at radius 1 is 1.26 bits per heavy atom. The molecule has 5 nitrogen and oxygen atoms in total. The molecule has 0 aliphatic carbocycles. The summed E-state index contributed by atoms with van der Waals surface area (Å²) in [6, 6.07) is 12.0. The monoisotopic (exact) mass is 311 g/mol. The summed E-state index contributed by atoms with van der Waals surface area (Å²) in [6.07, 6.45) is 4.78. The number of carbonyl (C=O) groups excluding carboxylic acids is 1. The molecule has 2 heterocycles. The first-order valence-electron chi connectivity index (χ1n) is 7.93. The van der Waals surface area contributed by atoms with Crippen molar-refractivity contribution in [1.29, 1.82) is 0 Å². The lowest BCUT2D eigenvalue weighted by molar-refractivity contribution is -0.116. The minimum absolute atomic E-state index is 0.0181. The van der Waals surface area contributed by atoms with Gasteiger partial charge >= 0.3 is 0 Å². The minimum atomic E-state index is -0.0181. The highest BCUT2D eigenvalue weighted by Crippen LogP contribution is 2.26. The number of benzene rings is 1. The summed E-state index contributed by atoms with van der Waals surface area (Å²) in [7, 11) is 0. The van der Waals surface area contributed by atoms with Gasteiger partial charge in [0.05, 0.1) is 24.6 Å². The highest BCUT2D eigenvalue weighted by molar-refractivity contribution is 5.90. The second kappa shape index (κ2) is 7.85. The van der Waals surface area contributed by atoms with Crippen molar-refractivity contribution in [2.45, 2.75) is 18.9 Å². The second-order valence-electron chi connectivity index (χ2n) is 5.55. The van der Waals surface area contributed by atoms with Gasteiger partial charge in [-0.25, -0.2) is 0 Å². The molecular weight excluding hydrogens is 290 g/mol. The van der Waals surface area contributed by atoms with Crippen LogP contribution in [0.3, 0.4) is 0 Å². The molecule has 2 N–H and O–H groups in total. The first-order valence-corrected chi connectivity index (χ1v) is 7.93. The summed E-state index contributed by atoms with van der Waals surface area (Å²) in [4.78, 5) is 15.8. The van der Waals surface area contributed by atoms with E-state index in [2.05, 4.69) is 33.8 Å². The molecule has 120 valence electrons. The van der Waals surface area contributed by atoms with E-state index in [1.54, 1.807) is 18.5 Å². The molecule has 5 heteroatoms. The molecule has 1 aliphatic heterocycles. The number of ether oxygens (including phenoxy) is 1. The number of hydrogen-bond donors (Lipinski definition) is 2. The number of rotatable bonds is 6. The van der Waals surface area contributed by atoms with E-state index in [9.17, 15) is 4.79 Å². The molecule has 1 aromatic carbocycles. The molecule has 1 aliphatic rings. The zero-order valence-corrected chi connectivity index (χ0v) is 13.0. The minimum Gasteiger partial charge on any atom is -0.372 e. The van der Waals surface area contributed by atoms with Crippen molar-refractivity contribution in [3.8, 4) is 0 Å². The van der Waals surface area contributed by atoms with E-state index in [1.807, 2.05) is 12.1 Å². The van der Waals surface area contributed by atoms with Crippen LogP contribution in [0.15, 0.2) is 48.8 Å². The number of anilines is 1. The highest BCUT2D eigenvalue weighted by Gasteiger charge is 2.19. The summed E-state index contributed by atoms with van der Waals surface area (Å²) < 4.78 is 5.84. The van der Waals surface area contributed by atoms with Crippen LogP contribution < -0.4 is 10.6 Å². The molecule has 0 spiro atoms. The highest BCUT2D eigenvalue weighted by atomic mass is 16.5. The van der Waals surface area contributed by atoms with Gasteiger partial charge in [0.1, 0.15) is 0 Å². The molecule has 1 aromatic heterocycles. The predicted molar refractivity (Wildman–Crippen MR) is 89.2 cm³/mol. The molecule has 2 aromatic rings. The summed E-state index contributed by atoms with van der Waals surface area (Å²) in [5.74, 6) is -0.0181. The number of aromatic nitrogens is 1. The number of carbonyl (C=O) groups is 1. The van der Waals surface area contributed by atoms with E-state index in [0.717, 1.165) is 25.3 Å². The lowest BCUT2D eigenvalue weighted by atomic mass is 9.97. The maximum Gasteiger partial charge on any atom is 0.225 e. The van der Waals surface area contributed by atoms with Crippen molar-refractivity contribution in [1.82, 2.24) is 10.3 Å². The number of pyridine rings is 1. The van der Waals surface area contributed by atoms with Gasteiger partial charge in [0, 0.05) is 25.7 Å². The van der Waals surface area contributed by atoms with Crippen LogP contribution in [0, 0.1) is 0 Å². The van der Waals surface area contributed by atoms with E-state index >= 15 is 0 Å². The second-order valence-corrected chi connectivity index (χ2v) is 5.55. The van der Waals surface area contributed by atoms with E-state index in [-0.39, 0.29) is 12.0 Å². The van der Waals surface area contributed by atoms with Gasteiger partial charge in [-0.15, -0.1) is 0 Å². The first kappa shape index (κ1) is 15.6. The van der Waals surface area contributed by atoms with Crippen LogP contribution in [0.1, 0.15) is 23.7 Å². The Bertz CT molecular complexity index is 646. The third-order valence-corrected chi connectivity index (χ3v) is 3.90. The van der Waals surface area contributed by atoms with Gasteiger partial charge in [-0.1, -0.05) is 24.3 Å². The quantitative estimate of drug-likeness (QED) is 0.804. The SMILES string of the molecule is O=C(CCNCC1OCCc2ccccc21)Nc1cccnc1. The van der Waals surface area contributed by atoms with Gasteiger partial charge in [0.2, 0.25) is 5.91 Å². The number of nitrogens with zero attached hydrogens (tertiary/aromatic N) is 1. The summed E-state index contributed by atoms with van der Waals surface area (Å²) in [5.41, 5.74) is 3.34. The summed E-state index contributed by atoms with van der Waals surface area (Å²) in [5, 5.41) is 6.13. The first-order chi connectivity index (χ1) is 11.3. The van der Waals surface area contributed by atoms with Crippen molar-refractivity contribution in [3.63, 3.8) is 0 Å². The fourth-order valence-corrected chi connectivity index (χ4v) is 2.74. The van der Waals surface area contributed by atoms with Gasteiger partial charge < -0.3 is 15.4 Å². The van der Waals surface area contributed by atoms with Crippen LogP contribution >= 0.6 is 0 Å². The van der Waals surface area contributed by atoms with E-state index in [4.69, 9.17) is 4.74 Å². The number of nitrogens with one attached hydrogen (secondary N) is 2. The lowest BCUT2D eigenvalue weighted by Gasteiger charge is -2.26. The van der Waals surface area contributed by atoms with E-state index in [1.165, 1.54) is 11.1 Å². The zero-order valence-electron chi connectivity index (χ0n) is 13.0. The van der Waals surface area contributed by atoms with Gasteiger partial charge in [-0.3, -0.25) is 9.78 Å². The normalized spacial score (nSPS) is 16.6. The smallest absolute Gasteiger partial charge is 0.225 e. The Labute approximate surface area is 136 Å². The van der Waals surface area contributed by atoms with Crippen LogP contribution in [0.5, 0.6) is 0 Å². The van der Waals surface area contributed by atoms with Crippen molar-refractivity contribution in [3.05, 3.63) is 59.9 Å². The molecule has 3 rings (SSSR count).